The second kappa shape index (κ2) is 4.52. The second-order valence-corrected chi connectivity index (χ2v) is 6.43. The minimum absolute atomic E-state index is 0.289. The fourth-order valence-corrected chi connectivity index (χ4v) is 3.92. The standard InChI is InChI=1S/C14H27N3/c1-16(12-4-2-3-5-12)14(10-15)8-9-17(11-14)13-6-7-13/h12-13H,2-11,15H2,1H3. The molecule has 17 heavy (non-hydrogen) atoms. The summed E-state index contributed by atoms with van der Waals surface area (Å²) in [6.45, 7) is 3.34. The summed E-state index contributed by atoms with van der Waals surface area (Å²) < 4.78 is 0. The molecule has 1 unspecified atom stereocenters. The van der Waals surface area contributed by atoms with Crippen molar-refractivity contribution in [3.8, 4) is 0 Å². The molecule has 3 rings (SSSR count). The molecule has 2 aliphatic carbocycles. The lowest BCUT2D eigenvalue weighted by atomic mass is 9.94. The average Bonchev–Trinajstić information content (AvgIpc) is 2.93. The predicted molar refractivity (Wildman–Crippen MR) is 71.0 cm³/mol. The van der Waals surface area contributed by atoms with Gasteiger partial charge in [0, 0.05) is 37.3 Å². The highest BCUT2D eigenvalue weighted by Gasteiger charge is 2.46. The fourth-order valence-electron chi connectivity index (χ4n) is 3.92. The lowest BCUT2D eigenvalue weighted by Gasteiger charge is -2.42. The van der Waals surface area contributed by atoms with Gasteiger partial charge in [0.05, 0.1) is 0 Å². The second-order valence-electron chi connectivity index (χ2n) is 6.43. The Morgan fingerprint density at radius 2 is 1.94 bits per heavy atom. The number of rotatable bonds is 4. The zero-order chi connectivity index (χ0) is 11.9. The molecule has 0 spiro atoms. The van der Waals surface area contributed by atoms with Crippen molar-refractivity contribution < 1.29 is 0 Å². The molecule has 0 radical (unpaired) electrons. The SMILES string of the molecule is CN(C1CCCC1)C1(CN)CCN(C2CC2)C1. The van der Waals surface area contributed by atoms with Gasteiger partial charge in [-0.15, -0.1) is 0 Å². The normalized spacial score (nSPS) is 36.2. The van der Waals surface area contributed by atoms with Crippen LogP contribution < -0.4 is 5.73 Å². The maximum atomic E-state index is 6.15. The average molecular weight is 237 g/mol. The van der Waals surface area contributed by atoms with Crippen LogP contribution in [0, 0.1) is 0 Å². The topological polar surface area (TPSA) is 32.5 Å². The van der Waals surface area contributed by atoms with Crippen LogP contribution in [0.5, 0.6) is 0 Å². The lowest BCUT2D eigenvalue weighted by Crippen LogP contribution is -2.57. The van der Waals surface area contributed by atoms with Crippen LogP contribution in [0.1, 0.15) is 44.9 Å². The van der Waals surface area contributed by atoms with Gasteiger partial charge in [0.25, 0.3) is 0 Å². The zero-order valence-corrected chi connectivity index (χ0v) is 11.2. The first-order valence-corrected chi connectivity index (χ1v) is 7.42. The van der Waals surface area contributed by atoms with Crippen LogP contribution in [0.3, 0.4) is 0 Å². The lowest BCUT2D eigenvalue weighted by molar-refractivity contribution is 0.0833. The fraction of sp³-hybridized carbons (Fsp3) is 1.00. The van der Waals surface area contributed by atoms with Crippen molar-refractivity contribution in [3.05, 3.63) is 0 Å². The Labute approximate surface area is 105 Å². The van der Waals surface area contributed by atoms with Crippen LogP contribution in [-0.4, -0.2) is 54.1 Å². The molecule has 0 aromatic rings. The van der Waals surface area contributed by atoms with Gasteiger partial charge in [-0.05, 0) is 39.2 Å². The zero-order valence-electron chi connectivity index (χ0n) is 11.2. The van der Waals surface area contributed by atoms with E-state index in [0.717, 1.165) is 18.6 Å². The molecular formula is C14H27N3. The summed E-state index contributed by atoms with van der Waals surface area (Å²) in [5.74, 6) is 0. The molecule has 3 nitrogen and oxygen atoms in total. The molecule has 3 fully saturated rings. The largest absolute Gasteiger partial charge is 0.329 e. The van der Waals surface area contributed by atoms with Gasteiger partial charge in [0.15, 0.2) is 0 Å². The van der Waals surface area contributed by atoms with Gasteiger partial charge in [-0.2, -0.15) is 0 Å². The third-order valence-electron chi connectivity index (χ3n) is 5.43. The van der Waals surface area contributed by atoms with Gasteiger partial charge in [0.1, 0.15) is 0 Å². The van der Waals surface area contributed by atoms with Crippen LogP contribution in [0.25, 0.3) is 0 Å². The van der Waals surface area contributed by atoms with Gasteiger partial charge in [-0.1, -0.05) is 12.8 Å². The minimum atomic E-state index is 0.289. The summed E-state index contributed by atoms with van der Waals surface area (Å²) in [7, 11) is 2.33. The molecule has 0 aromatic heterocycles. The van der Waals surface area contributed by atoms with E-state index in [1.807, 2.05) is 0 Å². The summed E-state index contributed by atoms with van der Waals surface area (Å²) in [4.78, 5) is 5.35. The monoisotopic (exact) mass is 237 g/mol. The number of hydrogen-bond acceptors (Lipinski definition) is 3. The molecule has 0 aromatic carbocycles. The van der Waals surface area contributed by atoms with Gasteiger partial charge in [-0.3, -0.25) is 9.80 Å². The first kappa shape index (κ1) is 11.9. The molecule has 1 atom stereocenters. The van der Waals surface area contributed by atoms with E-state index in [1.165, 1.54) is 58.0 Å². The smallest absolute Gasteiger partial charge is 0.0470 e. The summed E-state index contributed by atoms with van der Waals surface area (Å²) in [5, 5.41) is 0. The molecule has 2 N–H and O–H groups in total. The third kappa shape index (κ3) is 2.13. The summed E-state index contributed by atoms with van der Waals surface area (Å²) in [6, 6.07) is 1.71. The van der Waals surface area contributed by atoms with Crippen LogP contribution in [0.4, 0.5) is 0 Å². The first-order valence-electron chi connectivity index (χ1n) is 7.42. The van der Waals surface area contributed by atoms with E-state index in [1.54, 1.807) is 0 Å². The number of nitrogens with zero attached hydrogens (tertiary/aromatic N) is 2. The minimum Gasteiger partial charge on any atom is -0.329 e. The summed E-state index contributed by atoms with van der Waals surface area (Å²) >= 11 is 0. The van der Waals surface area contributed by atoms with Crippen molar-refractivity contribution in [2.24, 2.45) is 5.73 Å². The highest BCUT2D eigenvalue weighted by molar-refractivity contribution is 5.04. The Hall–Kier alpha value is -0.120. The molecule has 1 heterocycles. The summed E-state index contributed by atoms with van der Waals surface area (Å²) in [5.41, 5.74) is 6.44. The van der Waals surface area contributed by atoms with Gasteiger partial charge in [0.2, 0.25) is 0 Å². The first-order chi connectivity index (χ1) is 8.25. The number of likely N-dealkylation sites (N-methyl/N-ethyl adjacent to an activating group) is 1. The van der Waals surface area contributed by atoms with Crippen molar-refractivity contribution in [2.45, 2.75) is 62.6 Å². The van der Waals surface area contributed by atoms with E-state index in [-0.39, 0.29) is 5.54 Å². The van der Waals surface area contributed by atoms with Crippen molar-refractivity contribution >= 4 is 0 Å². The van der Waals surface area contributed by atoms with Crippen LogP contribution in [0.2, 0.25) is 0 Å². The number of hydrogen-bond donors (Lipinski definition) is 1. The summed E-state index contributed by atoms with van der Waals surface area (Å²) in [6.07, 6.45) is 9.75. The predicted octanol–water partition coefficient (Wildman–Crippen LogP) is 1.43. The van der Waals surface area contributed by atoms with Crippen LogP contribution in [0.15, 0.2) is 0 Å². The van der Waals surface area contributed by atoms with E-state index in [9.17, 15) is 0 Å². The van der Waals surface area contributed by atoms with Crippen molar-refractivity contribution in [2.75, 3.05) is 26.7 Å². The highest BCUT2D eigenvalue weighted by atomic mass is 15.3. The van der Waals surface area contributed by atoms with Crippen molar-refractivity contribution in [1.82, 2.24) is 9.80 Å². The Kier molecular flexibility index (Phi) is 3.18. The molecule has 1 aliphatic heterocycles. The molecule has 98 valence electrons. The molecule has 0 bridgehead atoms. The number of likely N-dealkylation sites (tertiary alicyclic amines) is 1. The Morgan fingerprint density at radius 3 is 2.53 bits per heavy atom. The molecular weight excluding hydrogens is 210 g/mol. The molecule has 0 amide bonds. The molecule has 3 heteroatoms. The molecule has 3 aliphatic rings. The van der Waals surface area contributed by atoms with E-state index in [4.69, 9.17) is 5.73 Å². The maximum Gasteiger partial charge on any atom is 0.0470 e. The van der Waals surface area contributed by atoms with E-state index in [0.29, 0.717) is 0 Å². The Bertz CT molecular complexity index is 271. The van der Waals surface area contributed by atoms with Crippen molar-refractivity contribution in [3.63, 3.8) is 0 Å². The molecule has 2 saturated carbocycles. The van der Waals surface area contributed by atoms with Crippen LogP contribution in [-0.2, 0) is 0 Å². The Morgan fingerprint density at radius 1 is 1.24 bits per heavy atom. The van der Waals surface area contributed by atoms with Gasteiger partial charge < -0.3 is 5.73 Å². The quantitative estimate of drug-likeness (QED) is 0.803. The highest BCUT2D eigenvalue weighted by Crippen LogP contribution is 2.38. The number of nitrogens with two attached hydrogens (primary N) is 1. The van der Waals surface area contributed by atoms with E-state index >= 15 is 0 Å². The van der Waals surface area contributed by atoms with Gasteiger partial charge >= 0.3 is 0 Å². The van der Waals surface area contributed by atoms with Gasteiger partial charge in [-0.25, -0.2) is 0 Å². The molecule has 1 saturated heterocycles. The Balaban J connectivity index is 1.68. The van der Waals surface area contributed by atoms with E-state index in [2.05, 4.69) is 16.8 Å². The third-order valence-corrected chi connectivity index (χ3v) is 5.43. The van der Waals surface area contributed by atoms with E-state index < -0.39 is 0 Å². The maximum absolute atomic E-state index is 6.15. The van der Waals surface area contributed by atoms with Crippen LogP contribution >= 0.6 is 0 Å². The van der Waals surface area contributed by atoms with Crippen molar-refractivity contribution in [1.29, 1.82) is 0 Å².